The molecule has 0 aliphatic heterocycles. The number of carbonyl (C=O) groups is 2. The van der Waals surface area contributed by atoms with Crippen LogP contribution in [0.4, 0.5) is 0 Å². The molecule has 1 amide bonds. The van der Waals surface area contributed by atoms with Gasteiger partial charge in [-0.2, -0.15) is 0 Å². The molecule has 0 spiro atoms. The monoisotopic (exact) mass is 244 g/mol. The normalized spacial score (nSPS) is 14.4. The van der Waals surface area contributed by atoms with Gasteiger partial charge in [-0.05, 0) is 32.2 Å². The Bertz CT molecular complexity index is 254. The number of amides is 1. The van der Waals surface area contributed by atoms with Crippen molar-refractivity contribution in [3.8, 4) is 0 Å². The molecule has 0 saturated heterocycles. The molecule has 17 heavy (non-hydrogen) atoms. The van der Waals surface area contributed by atoms with Crippen LogP contribution in [0.3, 0.4) is 0 Å². The minimum Gasteiger partial charge on any atom is -0.481 e. The van der Waals surface area contributed by atoms with Crippen molar-refractivity contribution in [3.05, 3.63) is 0 Å². The number of carboxylic acids is 1. The van der Waals surface area contributed by atoms with Crippen molar-refractivity contribution in [1.82, 2.24) is 10.6 Å². The van der Waals surface area contributed by atoms with E-state index >= 15 is 0 Å². The highest BCUT2D eigenvalue weighted by Crippen LogP contribution is 2.14. The van der Waals surface area contributed by atoms with Crippen LogP contribution in [0, 0.1) is 11.8 Å². The number of likely N-dealkylation sites (N-methyl/N-ethyl adjacent to an activating group) is 1. The highest BCUT2D eigenvalue weighted by atomic mass is 16.4. The van der Waals surface area contributed by atoms with Gasteiger partial charge in [-0.15, -0.1) is 0 Å². The molecule has 0 rings (SSSR count). The lowest BCUT2D eigenvalue weighted by Gasteiger charge is -2.19. The van der Waals surface area contributed by atoms with Gasteiger partial charge < -0.3 is 15.7 Å². The molecule has 0 heterocycles. The number of hydrogen-bond donors (Lipinski definition) is 3. The SMILES string of the molecule is CNC(C)C(=O)NC[C@H](CC(=O)O)CC(C)C. The molecule has 0 aromatic heterocycles. The van der Waals surface area contributed by atoms with Gasteiger partial charge in [0.05, 0.1) is 6.04 Å². The Kier molecular flexibility index (Phi) is 7.54. The third kappa shape index (κ3) is 7.74. The molecule has 0 aromatic carbocycles. The van der Waals surface area contributed by atoms with E-state index in [0.29, 0.717) is 12.5 Å². The molecule has 0 radical (unpaired) electrons. The Balaban J connectivity index is 4.15. The maximum Gasteiger partial charge on any atom is 0.303 e. The van der Waals surface area contributed by atoms with E-state index in [2.05, 4.69) is 10.6 Å². The van der Waals surface area contributed by atoms with Crippen LogP contribution >= 0.6 is 0 Å². The first kappa shape index (κ1) is 15.9. The number of rotatable bonds is 8. The Labute approximate surface area is 103 Å². The summed E-state index contributed by atoms with van der Waals surface area (Å²) in [5, 5.41) is 14.4. The molecule has 0 aromatic rings. The minimum atomic E-state index is -0.813. The first-order chi connectivity index (χ1) is 7.86. The summed E-state index contributed by atoms with van der Waals surface area (Å²) in [6, 6.07) is -0.250. The summed E-state index contributed by atoms with van der Waals surface area (Å²) >= 11 is 0. The molecule has 0 fully saturated rings. The molecule has 0 bridgehead atoms. The van der Waals surface area contributed by atoms with Crippen molar-refractivity contribution in [3.63, 3.8) is 0 Å². The van der Waals surface area contributed by atoms with Gasteiger partial charge in [0.1, 0.15) is 0 Å². The van der Waals surface area contributed by atoms with Gasteiger partial charge in [-0.1, -0.05) is 13.8 Å². The number of carbonyl (C=O) groups excluding carboxylic acids is 1. The molecule has 0 saturated carbocycles. The van der Waals surface area contributed by atoms with Crippen molar-refractivity contribution in [2.24, 2.45) is 11.8 Å². The average Bonchev–Trinajstić information content (AvgIpc) is 2.22. The zero-order valence-corrected chi connectivity index (χ0v) is 11.1. The average molecular weight is 244 g/mol. The fraction of sp³-hybridized carbons (Fsp3) is 0.833. The Morgan fingerprint density at radius 3 is 2.24 bits per heavy atom. The van der Waals surface area contributed by atoms with Crippen molar-refractivity contribution in [2.75, 3.05) is 13.6 Å². The fourth-order valence-corrected chi connectivity index (χ4v) is 1.68. The summed E-state index contributed by atoms with van der Waals surface area (Å²) in [6.07, 6.45) is 0.910. The van der Waals surface area contributed by atoms with E-state index in [1.807, 2.05) is 13.8 Å². The van der Waals surface area contributed by atoms with Crippen molar-refractivity contribution in [2.45, 2.75) is 39.7 Å². The number of nitrogens with one attached hydrogen (secondary N) is 2. The van der Waals surface area contributed by atoms with Crippen molar-refractivity contribution < 1.29 is 14.7 Å². The summed E-state index contributed by atoms with van der Waals surface area (Å²) in [7, 11) is 1.72. The molecule has 0 aliphatic rings. The highest BCUT2D eigenvalue weighted by Gasteiger charge is 2.17. The van der Waals surface area contributed by atoms with Gasteiger partial charge in [-0.25, -0.2) is 0 Å². The zero-order valence-electron chi connectivity index (χ0n) is 11.1. The van der Waals surface area contributed by atoms with Crippen molar-refractivity contribution in [1.29, 1.82) is 0 Å². The third-order valence-corrected chi connectivity index (χ3v) is 2.66. The third-order valence-electron chi connectivity index (χ3n) is 2.66. The first-order valence-corrected chi connectivity index (χ1v) is 6.03. The van der Waals surface area contributed by atoms with Gasteiger partial charge in [0.2, 0.25) is 5.91 Å². The van der Waals surface area contributed by atoms with Gasteiger partial charge >= 0.3 is 5.97 Å². The van der Waals surface area contributed by atoms with E-state index in [4.69, 9.17) is 5.11 Å². The molecular weight excluding hydrogens is 220 g/mol. The maximum atomic E-state index is 11.5. The molecular formula is C12H24N2O3. The second-order valence-corrected chi connectivity index (χ2v) is 4.85. The second-order valence-electron chi connectivity index (χ2n) is 4.85. The number of carboxylic acid groups (broad SMARTS) is 1. The molecule has 3 N–H and O–H groups in total. The van der Waals surface area contributed by atoms with Crippen LogP contribution in [-0.2, 0) is 9.59 Å². The predicted octanol–water partition coefficient (Wildman–Crippen LogP) is 0.847. The Morgan fingerprint density at radius 1 is 1.24 bits per heavy atom. The van der Waals surface area contributed by atoms with Gasteiger partial charge in [0.15, 0.2) is 0 Å². The molecule has 2 atom stereocenters. The maximum absolute atomic E-state index is 11.5. The lowest BCUT2D eigenvalue weighted by molar-refractivity contribution is -0.138. The summed E-state index contributed by atoms with van der Waals surface area (Å²) < 4.78 is 0. The summed E-state index contributed by atoms with van der Waals surface area (Å²) in [5.74, 6) is -0.475. The Morgan fingerprint density at radius 2 is 1.82 bits per heavy atom. The second kappa shape index (κ2) is 8.06. The van der Waals surface area contributed by atoms with E-state index in [-0.39, 0.29) is 24.3 Å². The molecule has 5 heteroatoms. The minimum absolute atomic E-state index is 0.000469. The summed E-state index contributed by atoms with van der Waals surface area (Å²) in [5.41, 5.74) is 0. The van der Waals surface area contributed by atoms with E-state index in [9.17, 15) is 9.59 Å². The largest absolute Gasteiger partial charge is 0.481 e. The molecule has 100 valence electrons. The van der Waals surface area contributed by atoms with Crippen LogP contribution in [-0.4, -0.2) is 36.6 Å². The zero-order chi connectivity index (χ0) is 13.4. The topological polar surface area (TPSA) is 78.4 Å². The quantitative estimate of drug-likeness (QED) is 0.591. The first-order valence-electron chi connectivity index (χ1n) is 6.03. The molecule has 5 nitrogen and oxygen atoms in total. The van der Waals surface area contributed by atoms with E-state index in [0.717, 1.165) is 6.42 Å². The van der Waals surface area contributed by atoms with E-state index in [1.54, 1.807) is 14.0 Å². The number of aliphatic carboxylic acids is 1. The fourth-order valence-electron chi connectivity index (χ4n) is 1.68. The lowest BCUT2D eigenvalue weighted by atomic mass is 9.94. The van der Waals surface area contributed by atoms with Crippen molar-refractivity contribution >= 4 is 11.9 Å². The predicted molar refractivity (Wildman–Crippen MR) is 66.7 cm³/mol. The Hall–Kier alpha value is -1.10. The van der Waals surface area contributed by atoms with Crippen LogP contribution in [0.25, 0.3) is 0 Å². The van der Waals surface area contributed by atoms with Gasteiger partial charge in [-0.3, -0.25) is 9.59 Å². The standard InChI is InChI=1S/C12H24N2O3/c1-8(2)5-10(6-11(15)16)7-14-12(17)9(3)13-4/h8-10,13H,5-7H2,1-4H3,(H,14,17)(H,15,16)/t9?,10-/m0/s1. The van der Waals surface area contributed by atoms with E-state index in [1.165, 1.54) is 0 Å². The van der Waals surface area contributed by atoms with E-state index < -0.39 is 5.97 Å². The van der Waals surface area contributed by atoms with Gasteiger partial charge in [0, 0.05) is 13.0 Å². The van der Waals surface area contributed by atoms with Crippen LogP contribution in [0.2, 0.25) is 0 Å². The lowest BCUT2D eigenvalue weighted by Crippen LogP contribution is -2.42. The van der Waals surface area contributed by atoms with Crippen LogP contribution < -0.4 is 10.6 Å². The molecule has 1 unspecified atom stereocenters. The summed E-state index contributed by atoms with van der Waals surface area (Å²) in [6.45, 7) is 6.29. The number of hydrogen-bond acceptors (Lipinski definition) is 3. The van der Waals surface area contributed by atoms with Crippen LogP contribution in [0.15, 0.2) is 0 Å². The highest BCUT2D eigenvalue weighted by molar-refractivity contribution is 5.81. The van der Waals surface area contributed by atoms with Gasteiger partial charge in [0.25, 0.3) is 0 Å². The van der Waals surface area contributed by atoms with Crippen LogP contribution in [0.1, 0.15) is 33.6 Å². The molecule has 0 aliphatic carbocycles. The van der Waals surface area contributed by atoms with Crippen LogP contribution in [0.5, 0.6) is 0 Å². The smallest absolute Gasteiger partial charge is 0.303 e. The summed E-state index contributed by atoms with van der Waals surface area (Å²) in [4.78, 5) is 22.2.